The highest BCUT2D eigenvalue weighted by atomic mass is 32.2. The summed E-state index contributed by atoms with van der Waals surface area (Å²) < 4.78 is 5.42. The smallest absolute Gasteiger partial charge is 0.270 e. The predicted octanol–water partition coefficient (Wildman–Crippen LogP) is 3.98. The molecule has 3 aromatic rings. The maximum atomic E-state index is 13.2. The molecule has 10 nitrogen and oxygen atoms in total. The molecule has 1 heterocycles. The van der Waals surface area contributed by atoms with E-state index in [-0.39, 0.29) is 23.2 Å². The number of methoxy groups -OCH3 is 1. The lowest BCUT2D eigenvalue weighted by molar-refractivity contribution is -0.384. The summed E-state index contributed by atoms with van der Waals surface area (Å²) in [4.78, 5) is 37.5. The fourth-order valence-electron chi connectivity index (χ4n) is 3.66. The van der Waals surface area contributed by atoms with Crippen LogP contribution in [0.2, 0.25) is 0 Å². The molecule has 0 unspecified atom stereocenters. The Morgan fingerprint density at radius 1 is 1.11 bits per heavy atom. The number of hydrogen-bond acceptors (Lipinski definition) is 8. The van der Waals surface area contributed by atoms with Gasteiger partial charge in [0.25, 0.3) is 5.69 Å². The standard InChI is InChI=1S/C25H21N5O5S/c1-35-21-11-10-18(17-7-3-2-4-8-17)13-20(21)29-23(31)14-22(24(29)32)36-25(26)28-27-15-16-6-5-9-19(12-16)30(33)34/h2-13,15,22H,14H2,1H3,(H2,26,28)/t22-/m1/s1. The lowest BCUT2D eigenvalue weighted by Crippen LogP contribution is -2.32. The minimum atomic E-state index is -0.778. The van der Waals surface area contributed by atoms with Crippen LogP contribution in [0.25, 0.3) is 11.1 Å². The van der Waals surface area contributed by atoms with E-state index in [4.69, 9.17) is 10.5 Å². The Balaban J connectivity index is 1.51. The van der Waals surface area contributed by atoms with Gasteiger partial charge in [0.15, 0.2) is 5.17 Å². The van der Waals surface area contributed by atoms with Gasteiger partial charge in [-0.1, -0.05) is 60.3 Å². The van der Waals surface area contributed by atoms with E-state index < -0.39 is 16.1 Å². The van der Waals surface area contributed by atoms with E-state index >= 15 is 0 Å². The monoisotopic (exact) mass is 503 g/mol. The molecule has 2 N–H and O–H groups in total. The molecule has 0 radical (unpaired) electrons. The SMILES string of the molecule is COc1ccc(-c2ccccc2)cc1N1C(=O)C[C@@H](SC(N)=NN=Cc2cccc([N+](=O)[O-])c2)C1=O. The second kappa shape index (κ2) is 10.8. The molecule has 11 heteroatoms. The van der Waals surface area contributed by atoms with Crippen molar-refractivity contribution in [3.63, 3.8) is 0 Å². The summed E-state index contributed by atoms with van der Waals surface area (Å²) in [6.45, 7) is 0. The third-order valence-electron chi connectivity index (χ3n) is 5.34. The molecule has 0 bridgehead atoms. The number of nitrogens with zero attached hydrogens (tertiary/aromatic N) is 4. The van der Waals surface area contributed by atoms with Gasteiger partial charge >= 0.3 is 0 Å². The Bertz CT molecular complexity index is 1380. The van der Waals surface area contributed by atoms with E-state index in [1.54, 1.807) is 18.2 Å². The molecule has 0 spiro atoms. The van der Waals surface area contributed by atoms with Crippen molar-refractivity contribution in [2.24, 2.45) is 15.9 Å². The Hall–Kier alpha value is -4.51. The fourth-order valence-corrected chi connectivity index (χ4v) is 4.48. The van der Waals surface area contributed by atoms with E-state index in [0.717, 1.165) is 27.8 Å². The Morgan fingerprint density at radius 3 is 2.61 bits per heavy atom. The van der Waals surface area contributed by atoms with Gasteiger partial charge in [-0.15, -0.1) is 5.10 Å². The van der Waals surface area contributed by atoms with Crippen LogP contribution in [0.15, 0.2) is 83.0 Å². The summed E-state index contributed by atoms with van der Waals surface area (Å²) in [5.41, 5.74) is 8.44. The highest BCUT2D eigenvalue weighted by molar-refractivity contribution is 8.14. The van der Waals surface area contributed by atoms with Crippen LogP contribution in [0.5, 0.6) is 5.75 Å². The highest BCUT2D eigenvalue weighted by Gasteiger charge is 2.41. The minimum Gasteiger partial charge on any atom is -0.495 e. The van der Waals surface area contributed by atoms with Gasteiger partial charge in [-0.3, -0.25) is 19.7 Å². The molecule has 1 atom stereocenters. The summed E-state index contributed by atoms with van der Waals surface area (Å²) in [5, 5.41) is 17.8. The number of carbonyl (C=O) groups excluding carboxylic acids is 2. The molecular formula is C25H21N5O5S. The van der Waals surface area contributed by atoms with Gasteiger partial charge in [0.2, 0.25) is 11.8 Å². The average Bonchev–Trinajstić information content (AvgIpc) is 3.16. The Kier molecular flexibility index (Phi) is 7.40. The number of nitro benzene ring substituents is 1. The molecular weight excluding hydrogens is 482 g/mol. The zero-order valence-electron chi connectivity index (χ0n) is 19.1. The molecule has 1 aliphatic rings. The van der Waals surface area contributed by atoms with Crippen molar-refractivity contribution in [1.29, 1.82) is 0 Å². The van der Waals surface area contributed by atoms with Crippen molar-refractivity contribution in [3.8, 4) is 16.9 Å². The van der Waals surface area contributed by atoms with E-state index in [9.17, 15) is 19.7 Å². The number of imide groups is 1. The number of amides is 2. The first kappa shape index (κ1) is 24.6. The molecule has 1 saturated heterocycles. The molecule has 0 saturated carbocycles. The zero-order valence-corrected chi connectivity index (χ0v) is 19.9. The zero-order chi connectivity index (χ0) is 25.7. The van der Waals surface area contributed by atoms with Gasteiger partial charge < -0.3 is 10.5 Å². The topological polar surface area (TPSA) is 140 Å². The first-order valence-electron chi connectivity index (χ1n) is 10.7. The second-order valence-electron chi connectivity index (χ2n) is 7.67. The largest absolute Gasteiger partial charge is 0.495 e. The van der Waals surface area contributed by atoms with Crippen molar-refractivity contribution >= 4 is 46.3 Å². The minimum absolute atomic E-state index is 0.0188. The Labute approximate surface area is 210 Å². The number of ether oxygens (including phenoxy) is 1. The number of rotatable bonds is 7. The summed E-state index contributed by atoms with van der Waals surface area (Å²) in [6.07, 6.45) is 1.25. The van der Waals surface area contributed by atoms with Crippen molar-refractivity contribution < 1.29 is 19.2 Å². The van der Waals surface area contributed by atoms with Gasteiger partial charge in [-0.05, 0) is 23.3 Å². The lowest BCUT2D eigenvalue weighted by atomic mass is 10.0. The van der Waals surface area contributed by atoms with Crippen molar-refractivity contribution in [1.82, 2.24) is 0 Å². The van der Waals surface area contributed by atoms with Gasteiger partial charge in [0.1, 0.15) is 11.0 Å². The van der Waals surface area contributed by atoms with Gasteiger partial charge in [-0.2, -0.15) is 5.10 Å². The molecule has 1 fully saturated rings. The lowest BCUT2D eigenvalue weighted by Gasteiger charge is -2.19. The van der Waals surface area contributed by atoms with Crippen LogP contribution < -0.4 is 15.4 Å². The van der Waals surface area contributed by atoms with Crippen LogP contribution in [0, 0.1) is 10.1 Å². The fraction of sp³-hybridized carbons (Fsp3) is 0.120. The summed E-state index contributed by atoms with van der Waals surface area (Å²) in [6, 6.07) is 20.8. The summed E-state index contributed by atoms with van der Waals surface area (Å²) >= 11 is 0.928. The van der Waals surface area contributed by atoms with Crippen molar-refractivity contribution in [2.45, 2.75) is 11.7 Å². The van der Waals surface area contributed by atoms with Crippen LogP contribution >= 0.6 is 11.8 Å². The van der Waals surface area contributed by atoms with E-state index in [1.807, 2.05) is 36.4 Å². The molecule has 4 rings (SSSR count). The van der Waals surface area contributed by atoms with Gasteiger partial charge in [0, 0.05) is 24.1 Å². The quantitative estimate of drug-likeness (QED) is 0.169. The third-order valence-corrected chi connectivity index (χ3v) is 6.32. The van der Waals surface area contributed by atoms with E-state index in [2.05, 4.69) is 10.2 Å². The summed E-state index contributed by atoms with van der Waals surface area (Å²) in [5.74, 6) is -0.423. The highest BCUT2D eigenvalue weighted by Crippen LogP contribution is 2.38. The number of non-ortho nitro benzene ring substituents is 1. The molecule has 0 aliphatic carbocycles. The van der Waals surface area contributed by atoms with Crippen LogP contribution in [-0.2, 0) is 9.59 Å². The molecule has 182 valence electrons. The first-order chi connectivity index (χ1) is 17.4. The molecule has 3 aromatic carbocycles. The van der Waals surface area contributed by atoms with Crippen molar-refractivity contribution in [3.05, 3.63) is 88.5 Å². The van der Waals surface area contributed by atoms with Crippen LogP contribution in [0.3, 0.4) is 0 Å². The van der Waals surface area contributed by atoms with E-state index in [0.29, 0.717) is 17.0 Å². The average molecular weight is 504 g/mol. The number of thioether (sulfide) groups is 1. The number of hydrogen-bond donors (Lipinski definition) is 1. The normalized spacial score (nSPS) is 16.1. The number of benzene rings is 3. The number of anilines is 1. The number of nitro groups is 1. The molecule has 36 heavy (non-hydrogen) atoms. The maximum absolute atomic E-state index is 13.2. The molecule has 0 aromatic heterocycles. The van der Waals surface area contributed by atoms with E-state index in [1.165, 1.54) is 31.5 Å². The van der Waals surface area contributed by atoms with Crippen LogP contribution in [0.4, 0.5) is 11.4 Å². The predicted molar refractivity (Wildman–Crippen MR) is 139 cm³/mol. The third kappa shape index (κ3) is 5.41. The summed E-state index contributed by atoms with van der Waals surface area (Å²) in [7, 11) is 1.47. The number of nitrogens with two attached hydrogens (primary N) is 1. The van der Waals surface area contributed by atoms with Gasteiger partial charge in [0.05, 0.1) is 23.9 Å². The molecule has 1 aliphatic heterocycles. The number of amidine groups is 1. The van der Waals surface area contributed by atoms with Crippen LogP contribution in [-0.4, -0.2) is 40.5 Å². The van der Waals surface area contributed by atoms with Gasteiger partial charge in [-0.25, -0.2) is 4.90 Å². The number of carbonyl (C=O) groups is 2. The second-order valence-corrected chi connectivity index (χ2v) is 8.89. The molecule has 2 amide bonds. The maximum Gasteiger partial charge on any atom is 0.270 e. The van der Waals surface area contributed by atoms with Crippen molar-refractivity contribution in [2.75, 3.05) is 12.0 Å². The van der Waals surface area contributed by atoms with Crippen LogP contribution in [0.1, 0.15) is 12.0 Å². The Morgan fingerprint density at radius 2 is 1.89 bits per heavy atom. The first-order valence-corrected chi connectivity index (χ1v) is 11.6.